The van der Waals surface area contributed by atoms with Crippen LogP contribution >= 0.6 is 0 Å². The predicted octanol–water partition coefficient (Wildman–Crippen LogP) is 1.47. The molecule has 0 radical (unpaired) electrons. The van der Waals surface area contributed by atoms with Gasteiger partial charge in [-0.1, -0.05) is 20.3 Å². The Labute approximate surface area is 117 Å². The van der Waals surface area contributed by atoms with Crippen molar-refractivity contribution in [2.75, 3.05) is 19.6 Å². The molecule has 19 heavy (non-hydrogen) atoms. The Bertz CT molecular complexity index is 397. The minimum Gasteiger partial charge on any atom is -0.313 e. The maximum absolute atomic E-state index is 12.4. The van der Waals surface area contributed by atoms with Crippen LogP contribution in [0.15, 0.2) is 0 Å². The molecule has 1 N–H and O–H groups in total. The Kier molecular flexibility index (Phi) is 6.76. The van der Waals surface area contributed by atoms with Gasteiger partial charge < -0.3 is 5.32 Å². The van der Waals surface area contributed by atoms with Crippen molar-refractivity contribution < 1.29 is 8.42 Å². The second-order valence-electron chi connectivity index (χ2n) is 5.08. The summed E-state index contributed by atoms with van der Waals surface area (Å²) in [5, 5.41) is 11.5. The molecular weight excluding hydrogens is 262 g/mol. The summed E-state index contributed by atoms with van der Waals surface area (Å²) >= 11 is 0. The molecule has 0 saturated carbocycles. The van der Waals surface area contributed by atoms with Crippen LogP contribution in [0.1, 0.15) is 46.0 Å². The van der Waals surface area contributed by atoms with Crippen LogP contribution in [-0.4, -0.2) is 43.6 Å². The average Bonchev–Trinajstić information content (AvgIpc) is 2.40. The number of hydrogen-bond donors (Lipinski definition) is 1. The number of piperidine rings is 1. The number of hydrogen-bond acceptors (Lipinski definition) is 4. The van der Waals surface area contributed by atoms with Gasteiger partial charge in [0, 0.05) is 19.1 Å². The molecule has 0 aliphatic carbocycles. The monoisotopic (exact) mass is 287 g/mol. The molecule has 1 fully saturated rings. The fourth-order valence-electron chi connectivity index (χ4n) is 2.45. The van der Waals surface area contributed by atoms with Crippen molar-refractivity contribution in [3.63, 3.8) is 0 Å². The second-order valence-corrected chi connectivity index (χ2v) is 7.19. The molecule has 2 unspecified atom stereocenters. The van der Waals surface area contributed by atoms with Crippen molar-refractivity contribution in [3.8, 4) is 6.07 Å². The Hall–Kier alpha value is -0.640. The lowest BCUT2D eigenvalue weighted by molar-refractivity contribution is 0.311. The van der Waals surface area contributed by atoms with Crippen LogP contribution in [0.5, 0.6) is 0 Å². The van der Waals surface area contributed by atoms with Crippen molar-refractivity contribution in [1.82, 2.24) is 9.62 Å². The third kappa shape index (κ3) is 4.44. The van der Waals surface area contributed by atoms with Crippen LogP contribution in [-0.2, 0) is 10.0 Å². The van der Waals surface area contributed by atoms with Crippen molar-refractivity contribution in [2.24, 2.45) is 0 Å². The quantitative estimate of drug-likeness (QED) is 0.769. The molecule has 1 aliphatic rings. The van der Waals surface area contributed by atoms with Gasteiger partial charge in [-0.25, -0.2) is 8.42 Å². The van der Waals surface area contributed by atoms with Crippen LogP contribution in [0.2, 0.25) is 0 Å². The summed E-state index contributed by atoms with van der Waals surface area (Å²) < 4.78 is 26.4. The van der Waals surface area contributed by atoms with Crippen LogP contribution in [0, 0.1) is 11.3 Å². The van der Waals surface area contributed by atoms with Gasteiger partial charge in [0.15, 0.2) is 5.25 Å². The lowest BCUT2D eigenvalue weighted by Crippen LogP contribution is -2.48. The summed E-state index contributed by atoms with van der Waals surface area (Å²) in [4.78, 5) is 0. The first kappa shape index (κ1) is 16.4. The number of rotatable bonds is 7. The van der Waals surface area contributed by atoms with Gasteiger partial charge in [-0.15, -0.1) is 0 Å². The van der Waals surface area contributed by atoms with E-state index in [1.54, 1.807) is 6.92 Å². The van der Waals surface area contributed by atoms with Gasteiger partial charge in [-0.2, -0.15) is 9.57 Å². The summed E-state index contributed by atoms with van der Waals surface area (Å²) in [6.45, 7) is 5.66. The Morgan fingerprint density at radius 2 is 2.16 bits per heavy atom. The fraction of sp³-hybridized carbons (Fsp3) is 0.923. The lowest BCUT2D eigenvalue weighted by atomic mass is 10.1. The molecule has 1 saturated heterocycles. The highest BCUT2D eigenvalue weighted by Gasteiger charge is 2.32. The van der Waals surface area contributed by atoms with Crippen molar-refractivity contribution >= 4 is 10.0 Å². The molecule has 1 heterocycles. The molecule has 0 bridgehead atoms. The van der Waals surface area contributed by atoms with Crippen molar-refractivity contribution in [1.29, 1.82) is 5.26 Å². The van der Waals surface area contributed by atoms with Crippen molar-refractivity contribution in [2.45, 2.75) is 57.2 Å². The summed E-state index contributed by atoms with van der Waals surface area (Å²) in [6.07, 6.45) is 4.43. The topological polar surface area (TPSA) is 73.2 Å². The van der Waals surface area contributed by atoms with E-state index in [4.69, 9.17) is 5.26 Å². The van der Waals surface area contributed by atoms with E-state index in [9.17, 15) is 8.42 Å². The van der Waals surface area contributed by atoms with E-state index in [1.165, 1.54) is 4.31 Å². The zero-order valence-electron chi connectivity index (χ0n) is 11.9. The summed E-state index contributed by atoms with van der Waals surface area (Å²) in [6, 6.07) is 2.15. The molecule has 0 spiro atoms. The molecule has 0 amide bonds. The summed E-state index contributed by atoms with van der Waals surface area (Å²) in [7, 11) is -3.49. The zero-order chi connectivity index (χ0) is 14.3. The number of sulfonamides is 1. The normalized spacial score (nSPS) is 22.1. The van der Waals surface area contributed by atoms with Crippen LogP contribution < -0.4 is 5.32 Å². The van der Waals surface area contributed by atoms with Gasteiger partial charge in [0.1, 0.15) is 0 Å². The molecule has 0 aromatic heterocycles. The lowest BCUT2D eigenvalue weighted by Gasteiger charge is -2.30. The molecule has 1 aliphatic heterocycles. The van der Waals surface area contributed by atoms with Gasteiger partial charge in [0.05, 0.1) is 6.07 Å². The third-order valence-electron chi connectivity index (χ3n) is 3.54. The molecule has 2 atom stereocenters. The van der Waals surface area contributed by atoms with E-state index in [2.05, 4.69) is 5.32 Å². The summed E-state index contributed by atoms with van der Waals surface area (Å²) in [5.41, 5.74) is 0. The third-order valence-corrected chi connectivity index (χ3v) is 5.75. The number of nitrogens with one attached hydrogen (secondary N) is 1. The Balaban J connectivity index is 2.78. The van der Waals surface area contributed by atoms with E-state index >= 15 is 0 Å². The molecule has 110 valence electrons. The van der Waals surface area contributed by atoms with Gasteiger partial charge >= 0.3 is 0 Å². The first-order chi connectivity index (χ1) is 9.06. The predicted molar refractivity (Wildman–Crippen MR) is 76.1 cm³/mol. The Morgan fingerprint density at radius 3 is 2.63 bits per heavy atom. The second kappa shape index (κ2) is 7.83. The molecule has 0 aromatic rings. The highest BCUT2D eigenvalue weighted by molar-refractivity contribution is 7.90. The first-order valence-corrected chi connectivity index (χ1v) is 8.68. The fourth-order valence-corrected chi connectivity index (χ4v) is 4.19. The minimum atomic E-state index is -3.49. The molecule has 0 aromatic carbocycles. The maximum atomic E-state index is 12.4. The molecule has 5 nitrogen and oxygen atoms in total. The van der Waals surface area contributed by atoms with Crippen molar-refractivity contribution in [3.05, 3.63) is 0 Å². The standard InChI is InChI=1S/C13H25N3O2S/c1-3-9-16(11-12-7-5-6-8-15-12)19(17,18)13(4-2)10-14/h12-13,15H,3-9,11H2,1-2H3. The average molecular weight is 287 g/mol. The van der Waals surface area contributed by atoms with E-state index < -0.39 is 15.3 Å². The van der Waals surface area contributed by atoms with Gasteiger partial charge in [0.2, 0.25) is 10.0 Å². The number of nitrogens with zero attached hydrogens (tertiary/aromatic N) is 2. The molecule has 6 heteroatoms. The first-order valence-electron chi connectivity index (χ1n) is 7.18. The van der Waals surface area contributed by atoms with E-state index in [-0.39, 0.29) is 6.04 Å². The molecular formula is C13H25N3O2S. The highest BCUT2D eigenvalue weighted by atomic mass is 32.2. The SMILES string of the molecule is CCCN(CC1CCCCN1)S(=O)(=O)C(C#N)CC. The van der Waals surface area contributed by atoms with E-state index in [0.29, 0.717) is 19.5 Å². The van der Waals surface area contributed by atoms with E-state index in [1.807, 2.05) is 13.0 Å². The maximum Gasteiger partial charge on any atom is 0.230 e. The van der Waals surface area contributed by atoms with Crippen LogP contribution in [0.25, 0.3) is 0 Å². The largest absolute Gasteiger partial charge is 0.313 e. The van der Waals surface area contributed by atoms with E-state index in [0.717, 1.165) is 32.2 Å². The van der Waals surface area contributed by atoms with Gasteiger partial charge in [-0.05, 0) is 32.2 Å². The van der Waals surface area contributed by atoms with Gasteiger partial charge in [-0.3, -0.25) is 0 Å². The Morgan fingerprint density at radius 1 is 1.42 bits per heavy atom. The minimum absolute atomic E-state index is 0.228. The van der Waals surface area contributed by atoms with Crippen LogP contribution in [0.3, 0.4) is 0 Å². The molecule has 1 rings (SSSR count). The summed E-state index contributed by atoms with van der Waals surface area (Å²) in [5.74, 6) is 0. The van der Waals surface area contributed by atoms with Gasteiger partial charge in [0.25, 0.3) is 0 Å². The number of nitriles is 1. The zero-order valence-corrected chi connectivity index (χ0v) is 12.7. The highest BCUT2D eigenvalue weighted by Crippen LogP contribution is 2.16. The van der Waals surface area contributed by atoms with Crippen LogP contribution in [0.4, 0.5) is 0 Å². The smallest absolute Gasteiger partial charge is 0.230 e.